The van der Waals surface area contributed by atoms with Gasteiger partial charge in [-0.3, -0.25) is 29.8 Å². The molecule has 0 radical (unpaired) electrons. The lowest BCUT2D eigenvalue weighted by Gasteiger charge is -2.30. The molecule has 6 aromatic rings. The summed E-state index contributed by atoms with van der Waals surface area (Å²) in [6, 6.07) is 24.0. The average molecular weight is 875 g/mol. The van der Waals surface area contributed by atoms with Gasteiger partial charge in [-0.25, -0.2) is 0 Å². The fourth-order valence-corrected chi connectivity index (χ4v) is 6.53. The molecular formula is C40H36F6N6O10. The van der Waals surface area contributed by atoms with Crippen LogP contribution in [0.25, 0.3) is 21.8 Å². The first-order chi connectivity index (χ1) is 29.1. The van der Waals surface area contributed by atoms with E-state index in [4.69, 9.17) is 10.2 Å². The Morgan fingerprint density at radius 2 is 0.919 bits per heavy atom. The standard InChI is InChI=1S/2C20H18F3N3O5/c2*21-20(22,23)19(29,12-24-18(28)11-27)16-10-25(9-13-4-2-1-3-5-13)17-8-14(26(30)31)6-7-15(16)17/h2*1-8,10,27,29H,9,11-12H2,(H,24,28). The summed E-state index contributed by atoms with van der Waals surface area (Å²) in [6.45, 7) is -4.38. The maximum Gasteiger partial charge on any atom is 0.423 e. The summed E-state index contributed by atoms with van der Waals surface area (Å²) < 4.78 is 86.4. The Morgan fingerprint density at radius 1 is 0.581 bits per heavy atom. The van der Waals surface area contributed by atoms with Crippen molar-refractivity contribution in [3.63, 3.8) is 0 Å². The average Bonchev–Trinajstić information content (AvgIpc) is 3.79. The van der Waals surface area contributed by atoms with E-state index in [-0.39, 0.29) is 46.3 Å². The number of carbonyl (C=O) groups is 2. The van der Waals surface area contributed by atoms with Crippen molar-refractivity contribution < 1.29 is 66.2 Å². The number of nitro benzene ring substituents is 2. The molecule has 0 bridgehead atoms. The van der Waals surface area contributed by atoms with E-state index in [2.05, 4.69) is 0 Å². The SMILES string of the molecule is O=C(CO)NCC(O)(c1cn(Cc2ccccc2)c2cc([N+](=O)[O-])ccc12)C(F)(F)F.O=C(CO)NCC(O)(c1cn(Cc2ccccc2)c2cc([N+](=O)[O-])ccc12)C(F)(F)F. The first-order valence-corrected chi connectivity index (χ1v) is 18.1. The van der Waals surface area contributed by atoms with Gasteiger partial charge in [0.1, 0.15) is 13.2 Å². The molecule has 16 nitrogen and oxygen atoms in total. The molecule has 0 aliphatic carbocycles. The predicted molar refractivity (Wildman–Crippen MR) is 208 cm³/mol. The van der Waals surface area contributed by atoms with Crippen LogP contribution in [-0.4, -0.2) is 89.9 Å². The number of fused-ring (bicyclic) bond motifs is 2. The van der Waals surface area contributed by atoms with Crippen LogP contribution in [0.3, 0.4) is 0 Å². The number of nitrogens with zero attached hydrogens (tertiary/aromatic N) is 4. The molecule has 0 fully saturated rings. The molecule has 22 heteroatoms. The van der Waals surface area contributed by atoms with Crippen molar-refractivity contribution in [2.24, 2.45) is 0 Å². The number of rotatable bonds is 14. The normalized spacial score (nSPS) is 13.7. The Morgan fingerprint density at radius 3 is 1.21 bits per heavy atom. The molecule has 4 aromatic carbocycles. The Bertz CT molecular complexity index is 2410. The summed E-state index contributed by atoms with van der Waals surface area (Å²) in [5, 5.41) is 64.8. The number of aliphatic hydroxyl groups excluding tert-OH is 2. The van der Waals surface area contributed by atoms with Gasteiger partial charge < -0.3 is 40.2 Å². The van der Waals surface area contributed by atoms with Crippen LogP contribution in [0.15, 0.2) is 109 Å². The van der Waals surface area contributed by atoms with Crippen molar-refractivity contribution in [2.75, 3.05) is 26.3 Å². The highest BCUT2D eigenvalue weighted by molar-refractivity contribution is 5.88. The number of non-ortho nitro benzene ring substituents is 2. The van der Waals surface area contributed by atoms with E-state index >= 15 is 0 Å². The number of alkyl halides is 6. The number of amides is 2. The first-order valence-electron chi connectivity index (χ1n) is 18.1. The quantitative estimate of drug-likeness (QED) is 0.0492. The lowest BCUT2D eigenvalue weighted by Crippen LogP contribution is -2.51. The second kappa shape index (κ2) is 18.4. The van der Waals surface area contributed by atoms with Crippen molar-refractivity contribution in [1.82, 2.24) is 19.8 Å². The molecule has 0 spiro atoms. The molecule has 2 atom stereocenters. The molecule has 0 saturated heterocycles. The molecule has 2 aromatic heterocycles. The van der Waals surface area contributed by atoms with Crippen molar-refractivity contribution in [3.8, 4) is 0 Å². The van der Waals surface area contributed by atoms with Crippen molar-refractivity contribution >= 4 is 45.0 Å². The number of benzene rings is 4. The zero-order valence-corrected chi connectivity index (χ0v) is 31.9. The highest BCUT2D eigenvalue weighted by atomic mass is 19.4. The highest BCUT2D eigenvalue weighted by Crippen LogP contribution is 2.44. The topological polar surface area (TPSA) is 235 Å². The van der Waals surface area contributed by atoms with Crippen LogP contribution in [0.1, 0.15) is 22.3 Å². The van der Waals surface area contributed by atoms with Gasteiger partial charge in [0.15, 0.2) is 0 Å². The smallest absolute Gasteiger partial charge is 0.387 e. The Kier molecular flexibility index (Phi) is 13.7. The highest BCUT2D eigenvalue weighted by Gasteiger charge is 2.57. The number of carbonyl (C=O) groups excluding carboxylic acids is 2. The molecule has 2 heterocycles. The number of nitro groups is 2. The van der Waals surface area contributed by atoms with E-state index in [1.165, 1.54) is 9.13 Å². The number of hydrogen-bond acceptors (Lipinski definition) is 10. The molecular weight excluding hydrogens is 838 g/mol. The molecule has 328 valence electrons. The molecule has 0 saturated carbocycles. The number of nitrogens with one attached hydrogen (secondary N) is 2. The van der Waals surface area contributed by atoms with Crippen LogP contribution in [0, 0.1) is 20.2 Å². The Balaban J connectivity index is 0.000000234. The van der Waals surface area contributed by atoms with E-state index < -0.39 is 82.6 Å². The first kappa shape index (κ1) is 46.2. The summed E-state index contributed by atoms with van der Waals surface area (Å²) in [5.74, 6) is -2.18. The Labute approximate surface area is 345 Å². The zero-order chi connectivity index (χ0) is 45.6. The summed E-state index contributed by atoms with van der Waals surface area (Å²) in [7, 11) is 0. The minimum Gasteiger partial charge on any atom is -0.387 e. The molecule has 0 aliphatic heterocycles. The lowest BCUT2D eigenvalue weighted by atomic mass is 9.92. The van der Waals surface area contributed by atoms with Gasteiger partial charge in [0.25, 0.3) is 11.4 Å². The van der Waals surface area contributed by atoms with Gasteiger partial charge in [-0.05, 0) is 23.3 Å². The monoisotopic (exact) mass is 874 g/mol. The van der Waals surface area contributed by atoms with Gasteiger partial charge >= 0.3 is 12.4 Å². The third-order valence-corrected chi connectivity index (χ3v) is 9.74. The molecule has 6 rings (SSSR count). The number of hydrogen-bond donors (Lipinski definition) is 6. The number of aliphatic hydroxyl groups is 4. The van der Waals surface area contributed by atoms with Crippen LogP contribution in [0.2, 0.25) is 0 Å². The van der Waals surface area contributed by atoms with Crippen LogP contribution in [0.4, 0.5) is 37.7 Å². The number of halogens is 6. The summed E-state index contributed by atoms with van der Waals surface area (Å²) in [6.07, 6.45) is -8.24. The number of aromatic nitrogens is 2. The van der Waals surface area contributed by atoms with Crippen LogP contribution < -0.4 is 10.6 Å². The van der Waals surface area contributed by atoms with Crippen LogP contribution in [0.5, 0.6) is 0 Å². The van der Waals surface area contributed by atoms with Crippen molar-refractivity contribution in [2.45, 2.75) is 36.6 Å². The minimum absolute atomic E-state index is 0.0559. The summed E-state index contributed by atoms with van der Waals surface area (Å²) in [4.78, 5) is 43.7. The lowest BCUT2D eigenvalue weighted by molar-refractivity contribution is -0.384. The van der Waals surface area contributed by atoms with Gasteiger partial charge in [-0.15, -0.1) is 0 Å². The van der Waals surface area contributed by atoms with Gasteiger partial charge in [0, 0.05) is 71.6 Å². The van der Waals surface area contributed by atoms with E-state index in [0.29, 0.717) is 0 Å². The van der Waals surface area contributed by atoms with Crippen LogP contribution >= 0.6 is 0 Å². The second-order valence-electron chi connectivity index (χ2n) is 13.8. The zero-order valence-electron chi connectivity index (χ0n) is 31.9. The summed E-state index contributed by atoms with van der Waals surface area (Å²) >= 11 is 0. The predicted octanol–water partition coefficient (Wildman–Crippen LogP) is 4.91. The fraction of sp³-hybridized carbons (Fsp3) is 0.250. The molecule has 2 amide bonds. The largest absolute Gasteiger partial charge is 0.423 e. The fourth-order valence-electron chi connectivity index (χ4n) is 6.53. The van der Waals surface area contributed by atoms with Crippen LogP contribution in [-0.2, 0) is 33.9 Å². The molecule has 0 aliphatic rings. The maximum atomic E-state index is 13.9. The van der Waals surface area contributed by atoms with E-state index in [9.17, 15) is 66.4 Å². The minimum atomic E-state index is -5.19. The second-order valence-corrected chi connectivity index (χ2v) is 13.8. The molecule has 2 unspecified atom stereocenters. The maximum absolute atomic E-state index is 13.9. The Hall–Kier alpha value is -6.88. The van der Waals surface area contributed by atoms with Gasteiger partial charge in [0.2, 0.25) is 23.0 Å². The summed E-state index contributed by atoms with van der Waals surface area (Å²) in [5.41, 5.74) is -7.09. The molecule has 62 heavy (non-hydrogen) atoms. The van der Waals surface area contributed by atoms with E-state index in [0.717, 1.165) is 59.9 Å². The third kappa shape index (κ3) is 9.84. The van der Waals surface area contributed by atoms with E-state index in [1.54, 1.807) is 60.7 Å². The van der Waals surface area contributed by atoms with Crippen molar-refractivity contribution in [3.05, 3.63) is 152 Å². The van der Waals surface area contributed by atoms with Gasteiger partial charge in [-0.1, -0.05) is 60.7 Å². The van der Waals surface area contributed by atoms with E-state index in [1.807, 2.05) is 10.6 Å². The van der Waals surface area contributed by atoms with Gasteiger partial charge in [-0.2, -0.15) is 26.3 Å². The van der Waals surface area contributed by atoms with Gasteiger partial charge in [0.05, 0.1) is 34.0 Å². The van der Waals surface area contributed by atoms with Crippen molar-refractivity contribution in [1.29, 1.82) is 0 Å². The molecule has 6 N–H and O–H groups in total. The third-order valence-electron chi connectivity index (χ3n) is 9.74.